The summed E-state index contributed by atoms with van der Waals surface area (Å²) < 4.78 is 1.53. The Balaban J connectivity index is 1.35. The lowest BCUT2D eigenvalue weighted by Crippen LogP contribution is -2.45. The van der Waals surface area contributed by atoms with E-state index in [1.54, 1.807) is 18.5 Å². The normalized spacial score (nSPS) is 26.6. The van der Waals surface area contributed by atoms with E-state index in [2.05, 4.69) is 20.2 Å². The minimum Gasteiger partial charge on any atom is -0.391 e. The molecular formula is C23H32N6O2. The van der Waals surface area contributed by atoms with Gasteiger partial charge in [0, 0.05) is 43.5 Å². The number of rotatable bonds is 6. The van der Waals surface area contributed by atoms with Crippen molar-refractivity contribution in [2.75, 3.05) is 23.3 Å². The molecule has 2 aliphatic carbocycles. The zero-order chi connectivity index (χ0) is 21.2. The van der Waals surface area contributed by atoms with Gasteiger partial charge in [-0.3, -0.25) is 9.78 Å². The zero-order valence-corrected chi connectivity index (χ0v) is 18.0. The van der Waals surface area contributed by atoms with Crippen LogP contribution < -0.4 is 15.8 Å². The molecular weight excluding hydrogens is 392 g/mol. The predicted molar refractivity (Wildman–Crippen MR) is 119 cm³/mol. The second kappa shape index (κ2) is 8.94. The fraction of sp³-hybridized carbons (Fsp3) is 0.652. The maximum atomic E-state index is 12.5. The molecule has 0 bridgehead atoms. The summed E-state index contributed by atoms with van der Waals surface area (Å²) in [6.07, 6.45) is 12.4. The third kappa shape index (κ3) is 4.44. The van der Waals surface area contributed by atoms with Gasteiger partial charge >= 0.3 is 0 Å². The van der Waals surface area contributed by atoms with Crippen LogP contribution in [0.4, 0.5) is 11.6 Å². The molecule has 0 amide bonds. The summed E-state index contributed by atoms with van der Waals surface area (Å²) in [5, 5.41) is 18.7. The summed E-state index contributed by atoms with van der Waals surface area (Å²) in [6.45, 7) is 1.69. The number of aromatic nitrogens is 4. The smallest absolute Gasteiger partial charge is 0.267 e. The van der Waals surface area contributed by atoms with Crippen molar-refractivity contribution in [1.29, 1.82) is 0 Å². The number of anilines is 2. The monoisotopic (exact) mass is 424 g/mol. The second-order valence-electron chi connectivity index (χ2n) is 9.18. The number of aliphatic hydroxyl groups is 1. The quantitative estimate of drug-likeness (QED) is 0.736. The lowest BCUT2D eigenvalue weighted by atomic mass is 9.93. The van der Waals surface area contributed by atoms with E-state index in [9.17, 15) is 9.90 Å². The SMILES string of the molecule is O=c1ccc(N2CCCCC2CNc2nccnc2C2CC2)nn1C1CCCCC1O. The molecule has 3 unspecified atom stereocenters. The molecule has 31 heavy (non-hydrogen) atoms. The predicted octanol–water partition coefficient (Wildman–Crippen LogP) is 2.86. The Morgan fingerprint density at radius 3 is 2.65 bits per heavy atom. The van der Waals surface area contributed by atoms with E-state index in [1.807, 2.05) is 6.07 Å². The first-order chi connectivity index (χ1) is 15.2. The number of hydrogen-bond donors (Lipinski definition) is 2. The van der Waals surface area contributed by atoms with Crippen LogP contribution in [-0.2, 0) is 0 Å². The first-order valence-electron chi connectivity index (χ1n) is 11.8. The third-order valence-electron chi connectivity index (χ3n) is 6.94. The number of hydrogen-bond acceptors (Lipinski definition) is 7. The van der Waals surface area contributed by atoms with E-state index < -0.39 is 6.10 Å². The van der Waals surface area contributed by atoms with Crippen LogP contribution in [0.2, 0.25) is 0 Å². The van der Waals surface area contributed by atoms with Gasteiger partial charge in [0.05, 0.1) is 17.8 Å². The Hall–Kier alpha value is -2.48. The van der Waals surface area contributed by atoms with Crippen LogP contribution in [0.3, 0.4) is 0 Å². The van der Waals surface area contributed by atoms with E-state index in [-0.39, 0.29) is 17.6 Å². The summed E-state index contributed by atoms with van der Waals surface area (Å²) in [4.78, 5) is 23.9. The van der Waals surface area contributed by atoms with E-state index >= 15 is 0 Å². The molecule has 8 nitrogen and oxygen atoms in total. The van der Waals surface area contributed by atoms with Crippen molar-refractivity contribution >= 4 is 11.6 Å². The summed E-state index contributed by atoms with van der Waals surface area (Å²) in [5.41, 5.74) is 0.956. The van der Waals surface area contributed by atoms with Gasteiger partial charge in [0.2, 0.25) is 0 Å². The molecule has 0 aromatic carbocycles. The third-order valence-corrected chi connectivity index (χ3v) is 6.94. The lowest BCUT2D eigenvalue weighted by molar-refractivity contribution is 0.0669. The Kier molecular flexibility index (Phi) is 5.89. The highest BCUT2D eigenvalue weighted by Gasteiger charge is 2.30. The summed E-state index contributed by atoms with van der Waals surface area (Å²) >= 11 is 0. The van der Waals surface area contributed by atoms with Crippen molar-refractivity contribution in [3.05, 3.63) is 40.6 Å². The van der Waals surface area contributed by atoms with Gasteiger partial charge in [-0.2, -0.15) is 5.10 Å². The Labute approximate surface area is 182 Å². The molecule has 5 rings (SSSR count). The van der Waals surface area contributed by atoms with Gasteiger partial charge in [-0.15, -0.1) is 0 Å². The highest BCUT2D eigenvalue weighted by atomic mass is 16.3. The Bertz CT molecular complexity index is 959. The molecule has 3 atom stereocenters. The Morgan fingerprint density at radius 1 is 1.00 bits per heavy atom. The molecule has 2 aromatic rings. The van der Waals surface area contributed by atoms with Crippen molar-refractivity contribution in [2.45, 2.75) is 81.9 Å². The summed E-state index contributed by atoms with van der Waals surface area (Å²) in [5.74, 6) is 2.27. The lowest BCUT2D eigenvalue weighted by Gasteiger charge is -2.37. The second-order valence-corrected chi connectivity index (χ2v) is 9.18. The fourth-order valence-electron chi connectivity index (χ4n) is 5.05. The average molecular weight is 425 g/mol. The van der Waals surface area contributed by atoms with Crippen LogP contribution in [0.1, 0.15) is 75.4 Å². The van der Waals surface area contributed by atoms with Gasteiger partial charge in [-0.05, 0) is 51.0 Å². The molecule has 2 saturated carbocycles. The van der Waals surface area contributed by atoms with Crippen LogP contribution in [0, 0.1) is 0 Å². The topological polar surface area (TPSA) is 96.2 Å². The molecule has 0 spiro atoms. The van der Waals surface area contributed by atoms with Crippen LogP contribution in [0.5, 0.6) is 0 Å². The van der Waals surface area contributed by atoms with Gasteiger partial charge in [-0.1, -0.05) is 12.8 Å². The van der Waals surface area contributed by atoms with Gasteiger partial charge in [0.25, 0.3) is 5.56 Å². The van der Waals surface area contributed by atoms with Crippen molar-refractivity contribution in [3.8, 4) is 0 Å². The summed E-state index contributed by atoms with van der Waals surface area (Å²) in [6, 6.07) is 3.50. The van der Waals surface area contributed by atoms with E-state index in [0.29, 0.717) is 5.92 Å². The number of nitrogens with one attached hydrogen (secondary N) is 1. The maximum Gasteiger partial charge on any atom is 0.267 e. The number of piperidine rings is 1. The first-order valence-corrected chi connectivity index (χ1v) is 11.8. The Morgan fingerprint density at radius 2 is 1.81 bits per heavy atom. The maximum absolute atomic E-state index is 12.5. The molecule has 3 heterocycles. The van der Waals surface area contributed by atoms with Crippen LogP contribution >= 0.6 is 0 Å². The van der Waals surface area contributed by atoms with Crippen LogP contribution in [-0.4, -0.2) is 50.1 Å². The largest absolute Gasteiger partial charge is 0.391 e. The summed E-state index contributed by atoms with van der Waals surface area (Å²) in [7, 11) is 0. The minimum atomic E-state index is -0.495. The molecule has 3 aliphatic rings. The first kappa shape index (κ1) is 20.4. The zero-order valence-electron chi connectivity index (χ0n) is 18.0. The molecule has 1 saturated heterocycles. The fourth-order valence-corrected chi connectivity index (χ4v) is 5.05. The highest BCUT2D eigenvalue weighted by Crippen LogP contribution is 2.41. The standard InChI is InChI=1S/C23H32N6O2/c30-19-7-2-1-6-18(19)29-21(31)11-10-20(27-29)28-14-4-3-5-17(28)15-26-23-22(16-8-9-16)24-12-13-25-23/h10-13,16-19,30H,1-9,14-15H2,(H,25,26). The molecule has 2 aromatic heterocycles. The van der Waals surface area contributed by atoms with Gasteiger partial charge in [-0.25, -0.2) is 9.67 Å². The van der Waals surface area contributed by atoms with E-state index in [1.165, 1.54) is 23.9 Å². The van der Waals surface area contributed by atoms with Crippen molar-refractivity contribution in [2.24, 2.45) is 0 Å². The van der Waals surface area contributed by atoms with Gasteiger partial charge in [0.1, 0.15) is 11.6 Å². The molecule has 2 N–H and O–H groups in total. The molecule has 3 fully saturated rings. The van der Waals surface area contributed by atoms with E-state index in [0.717, 1.165) is 68.9 Å². The van der Waals surface area contributed by atoms with Crippen molar-refractivity contribution in [1.82, 2.24) is 19.7 Å². The van der Waals surface area contributed by atoms with E-state index in [4.69, 9.17) is 5.10 Å². The molecule has 1 aliphatic heterocycles. The minimum absolute atomic E-state index is 0.130. The molecule has 0 radical (unpaired) electrons. The van der Waals surface area contributed by atoms with Crippen molar-refractivity contribution < 1.29 is 5.11 Å². The highest BCUT2D eigenvalue weighted by molar-refractivity contribution is 5.45. The van der Waals surface area contributed by atoms with Gasteiger partial charge in [0.15, 0.2) is 0 Å². The van der Waals surface area contributed by atoms with Crippen LogP contribution in [0.15, 0.2) is 29.3 Å². The molecule has 8 heteroatoms. The molecule has 166 valence electrons. The van der Waals surface area contributed by atoms with Gasteiger partial charge < -0.3 is 15.3 Å². The average Bonchev–Trinajstić information content (AvgIpc) is 3.65. The number of nitrogens with zero attached hydrogens (tertiary/aromatic N) is 5. The van der Waals surface area contributed by atoms with Crippen molar-refractivity contribution in [3.63, 3.8) is 0 Å². The van der Waals surface area contributed by atoms with Crippen LogP contribution in [0.25, 0.3) is 0 Å². The number of aliphatic hydroxyl groups excluding tert-OH is 1.